The SMILES string of the molecule is CCNC(=NCC1(CCOC)CCC1)NCCC(F)(F)F.I. The minimum Gasteiger partial charge on any atom is -0.385 e. The first-order valence-corrected chi connectivity index (χ1v) is 7.49. The molecule has 1 fully saturated rings. The number of hydrogen-bond donors (Lipinski definition) is 2. The molecule has 1 rings (SSSR count). The van der Waals surface area contributed by atoms with Gasteiger partial charge >= 0.3 is 6.18 Å². The molecule has 0 atom stereocenters. The maximum Gasteiger partial charge on any atom is 0.390 e. The van der Waals surface area contributed by atoms with Crippen LogP contribution in [0.5, 0.6) is 0 Å². The Morgan fingerprint density at radius 3 is 2.41 bits per heavy atom. The van der Waals surface area contributed by atoms with Crippen molar-refractivity contribution in [1.82, 2.24) is 10.6 Å². The van der Waals surface area contributed by atoms with Gasteiger partial charge in [0.2, 0.25) is 0 Å². The molecule has 0 spiro atoms. The maximum absolute atomic E-state index is 12.2. The standard InChI is InChI=1S/C14H26F3N3O.HI/c1-3-18-12(19-9-7-14(15,16)17)20-11-13(5-4-6-13)8-10-21-2;/h3-11H2,1-2H3,(H2,18,19,20);1H. The van der Waals surface area contributed by atoms with E-state index in [0.717, 1.165) is 19.3 Å². The Morgan fingerprint density at radius 1 is 1.27 bits per heavy atom. The molecule has 1 aliphatic carbocycles. The van der Waals surface area contributed by atoms with Crippen LogP contribution in [0.3, 0.4) is 0 Å². The zero-order valence-electron chi connectivity index (χ0n) is 13.3. The van der Waals surface area contributed by atoms with Crippen molar-refractivity contribution in [2.45, 2.75) is 45.2 Å². The van der Waals surface area contributed by atoms with Gasteiger partial charge in [0.15, 0.2) is 5.96 Å². The average Bonchev–Trinajstić information content (AvgIpc) is 2.35. The van der Waals surface area contributed by atoms with Crippen LogP contribution >= 0.6 is 24.0 Å². The molecule has 0 aromatic heterocycles. The molecule has 0 aromatic rings. The van der Waals surface area contributed by atoms with Crippen molar-refractivity contribution >= 4 is 29.9 Å². The Labute approximate surface area is 147 Å². The van der Waals surface area contributed by atoms with Crippen molar-refractivity contribution in [2.24, 2.45) is 10.4 Å². The first kappa shape index (κ1) is 21.8. The molecule has 2 N–H and O–H groups in total. The zero-order valence-corrected chi connectivity index (χ0v) is 15.6. The Bertz CT molecular complexity index is 334. The number of alkyl halides is 3. The van der Waals surface area contributed by atoms with Crippen LogP contribution in [-0.4, -0.2) is 45.5 Å². The molecule has 8 heteroatoms. The van der Waals surface area contributed by atoms with Gasteiger partial charge in [-0.1, -0.05) is 6.42 Å². The largest absolute Gasteiger partial charge is 0.390 e. The quantitative estimate of drug-likeness (QED) is 0.348. The molecule has 0 aromatic carbocycles. The van der Waals surface area contributed by atoms with E-state index in [-0.39, 0.29) is 35.9 Å². The summed E-state index contributed by atoms with van der Waals surface area (Å²) in [4.78, 5) is 4.45. The molecule has 4 nitrogen and oxygen atoms in total. The van der Waals surface area contributed by atoms with Gasteiger partial charge in [0.1, 0.15) is 0 Å². The predicted octanol–water partition coefficient (Wildman–Crippen LogP) is 3.32. The fourth-order valence-corrected chi connectivity index (χ4v) is 2.39. The number of rotatable bonds is 8. The molecule has 0 aliphatic heterocycles. The number of guanidine groups is 1. The Hall–Kier alpha value is -0.250. The number of nitrogens with zero attached hydrogens (tertiary/aromatic N) is 1. The highest BCUT2D eigenvalue weighted by Crippen LogP contribution is 2.44. The van der Waals surface area contributed by atoms with Crippen molar-refractivity contribution in [3.05, 3.63) is 0 Å². The molecule has 0 bridgehead atoms. The second-order valence-electron chi connectivity index (χ2n) is 5.58. The zero-order chi connectivity index (χ0) is 15.8. The lowest BCUT2D eigenvalue weighted by molar-refractivity contribution is -0.132. The van der Waals surface area contributed by atoms with Gasteiger partial charge in [-0.15, -0.1) is 24.0 Å². The van der Waals surface area contributed by atoms with Gasteiger partial charge in [0.25, 0.3) is 0 Å². The molecule has 0 radical (unpaired) electrons. The van der Waals surface area contributed by atoms with E-state index < -0.39 is 12.6 Å². The monoisotopic (exact) mass is 437 g/mol. The van der Waals surface area contributed by atoms with Crippen molar-refractivity contribution in [3.63, 3.8) is 0 Å². The summed E-state index contributed by atoms with van der Waals surface area (Å²) in [6, 6.07) is 0. The molecule has 22 heavy (non-hydrogen) atoms. The number of ether oxygens (including phenoxy) is 1. The van der Waals surface area contributed by atoms with Crippen molar-refractivity contribution in [3.8, 4) is 0 Å². The number of hydrogen-bond acceptors (Lipinski definition) is 2. The number of methoxy groups -OCH3 is 1. The third-order valence-electron chi connectivity index (χ3n) is 3.87. The summed E-state index contributed by atoms with van der Waals surface area (Å²) < 4.78 is 41.6. The molecule has 1 saturated carbocycles. The van der Waals surface area contributed by atoms with Crippen LogP contribution in [0.2, 0.25) is 0 Å². The summed E-state index contributed by atoms with van der Waals surface area (Å²) in [5.74, 6) is 0.463. The summed E-state index contributed by atoms with van der Waals surface area (Å²) in [6.07, 6.45) is -0.625. The average molecular weight is 437 g/mol. The Kier molecular flexibility index (Phi) is 10.4. The van der Waals surface area contributed by atoms with Gasteiger partial charge in [-0.25, -0.2) is 0 Å². The van der Waals surface area contributed by atoms with E-state index in [1.165, 1.54) is 6.42 Å². The second kappa shape index (κ2) is 10.5. The predicted molar refractivity (Wildman–Crippen MR) is 92.8 cm³/mol. The van der Waals surface area contributed by atoms with Gasteiger partial charge in [-0.05, 0) is 31.6 Å². The van der Waals surface area contributed by atoms with Gasteiger partial charge in [0, 0.05) is 33.4 Å². The molecule has 1 aliphatic rings. The van der Waals surface area contributed by atoms with Crippen LogP contribution < -0.4 is 10.6 Å². The molecule has 132 valence electrons. The minimum atomic E-state index is -4.14. The van der Waals surface area contributed by atoms with Crippen molar-refractivity contribution in [1.29, 1.82) is 0 Å². The molecule has 0 saturated heterocycles. The summed E-state index contributed by atoms with van der Waals surface area (Å²) in [5.41, 5.74) is 0.169. The highest BCUT2D eigenvalue weighted by Gasteiger charge is 2.36. The van der Waals surface area contributed by atoms with Crippen LogP contribution in [0.4, 0.5) is 13.2 Å². The van der Waals surface area contributed by atoms with Crippen LogP contribution in [0.25, 0.3) is 0 Å². The summed E-state index contributed by atoms with van der Waals surface area (Å²) in [6.45, 7) is 3.71. The minimum absolute atomic E-state index is 0. The summed E-state index contributed by atoms with van der Waals surface area (Å²) >= 11 is 0. The van der Waals surface area contributed by atoms with E-state index in [1.807, 2.05) is 6.92 Å². The molecule has 0 amide bonds. The highest BCUT2D eigenvalue weighted by atomic mass is 127. The number of aliphatic imine (C=N–C) groups is 1. The maximum atomic E-state index is 12.2. The number of halogens is 4. The van der Waals surface area contributed by atoms with Gasteiger partial charge in [-0.2, -0.15) is 13.2 Å². The van der Waals surface area contributed by atoms with Crippen LogP contribution in [0, 0.1) is 5.41 Å². The molecular weight excluding hydrogens is 410 g/mol. The van der Waals surface area contributed by atoms with Crippen molar-refractivity contribution < 1.29 is 17.9 Å². The van der Waals surface area contributed by atoms with Crippen LogP contribution in [0.1, 0.15) is 39.0 Å². The normalized spacial score (nSPS) is 17.4. The van der Waals surface area contributed by atoms with E-state index in [4.69, 9.17) is 4.74 Å². The van der Waals surface area contributed by atoms with E-state index >= 15 is 0 Å². The van der Waals surface area contributed by atoms with Crippen molar-refractivity contribution in [2.75, 3.05) is 33.4 Å². The van der Waals surface area contributed by atoms with Crippen LogP contribution in [-0.2, 0) is 4.74 Å². The van der Waals surface area contributed by atoms with E-state index in [9.17, 15) is 13.2 Å². The molecule has 0 unspecified atom stereocenters. The lowest BCUT2D eigenvalue weighted by Gasteiger charge is -2.40. The van der Waals surface area contributed by atoms with Crippen LogP contribution in [0.15, 0.2) is 4.99 Å². The highest BCUT2D eigenvalue weighted by molar-refractivity contribution is 14.0. The first-order chi connectivity index (χ1) is 9.91. The molecular formula is C14H27F3IN3O. The molecule has 0 heterocycles. The topological polar surface area (TPSA) is 45.7 Å². The third-order valence-corrected chi connectivity index (χ3v) is 3.87. The number of nitrogens with one attached hydrogen (secondary N) is 2. The van der Waals surface area contributed by atoms with E-state index in [0.29, 0.717) is 25.7 Å². The van der Waals surface area contributed by atoms with Gasteiger partial charge < -0.3 is 15.4 Å². The van der Waals surface area contributed by atoms with Gasteiger partial charge in [-0.3, -0.25) is 4.99 Å². The van der Waals surface area contributed by atoms with Gasteiger partial charge in [0.05, 0.1) is 6.42 Å². The third kappa shape index (κ3) is 8.40. The second-order valence-corrected chi connectivity index (χ2v) is 5.58. The fourth-order valence-electron chi connectivity index (χ4n) is 2.39. The fraction of sp³-hybridized carbons (Fsp3) is 0.929. The smallest absolute Gasteiger partial charge is 0.385 e. The first-order valence-electron chi connectivity index (χ1n) is 7.49. The Morgan fingerprint density at radius 2 is 1.95 bits per heavy atom. The summed E-state index contributed by atoms with van der Waals surface area (Å²) in [7, 11) is 1.68. The van der Waals surface area contributed by atoms with E-state index in [1.54, 1.807) is 7.11 Å². The Balaban J connectivity index is 0.00000441. The lowest BCUT2D eigenvalue weighted by atomic mass is 9.67. The van der Waals surface area contributed by atoms with E-state index in [2.05, 4.69) is 15.6 Å². The summed E-state index contributed by atoms with van der Waals surface area (Å²) in [5, 5.41) is 5.73. The lowest BCUT2D eigenvalue weighted by Crippen LogP contribution is -2.41.